The number of methoxy groups -OCH3 is 1. The van der Waals surface area contributed by atoms with Crippen LogP contribution in [0.25, 0.3) is 0 Å². The average Bonchev–Trinajstić information content (AvgIpc) is 2.34. The lowest BCUT2D eigenvalue weighted by atomic mass is 10.3. The van der Waals surface area contributed by atoms with Crippen LogP contribution >= 0.6 is 11.6 Å². The number of nitrogens with zero attached hydrogens (tertiary/aromatic N) is 2. The topological polar surface area (TPSA) is 89.3 Å². The van der Waals surface area contributed by atoms with Crippen molar-refractivity contribution in [1.29, 1.82) is 0 Å². The van der Waals surface area contributed by atoms with Crippen molar-refractivity contribution in [2.24, 2.45) is 0 Å². The molecule has 7 nitrogen and oxygen atoms in total. The molecule has 0 amide bonds. The Kier molecular flexibility index (Phi) is 5.89. The maximum Gasteiger partial charge on any atom is 0.274 e. The maximum absolute atomic E-state index is 10.4. The molecule has 0 aliphatic heterocycles. The Labute approximate surface area is 109 Å². The number of aromatic nitrogens is 1. The molecule has 98 valence electrons. The van der Waals surface area contributed by atoms with Crippen molar-refractivity contribution in [3.8, 4) is 0 Å². The summed E-state index contributed by atoms with van der Waals surface area (Å²) in [6, 6.07) is 3.43. The van der Waals surface area contributed by atoms with Gasteiger partial charge >= 0.3 is 0 Å². The molecule has 0 saturated carbocycles. The highest BCUT2D eigenvalue weighted by molar-refractivity contribution is 6.29. The lowest BCUT2D eigenvalue weighted by molar-refractivity contribution is -0.404. The van der Waals surface area contributed by atoms with E-state index in [1.54, 1.807) is 18.3 Å². The molecule has 18 heavy (non-hydrogen) atoms. The van der Waals surface area contributed by atoms with E-state index < -0.39 is 4.92 Å². The summed E-state index contributed by atoms with van der Waals surface area (Å²) in [5, 5.41) is 16.4. The van der Waals surface area contributed by atoms with Gasteiger partial charge in [-0.3, -0.25) is 10.1 Å². The molecule has 1 rings (SSSR count). The first-order chi connectivity index (χ1) is 8.61. The zero-order valence-corrected chi connectivity index (χ0v) is 10.5. The molecule has 1 aromatic heterocycles. The van der Waals surface area contributed by atoms with Gasteiger partial charge in [-0.15, -0.1) is 0 Å². The Morgan fingerprint density at radius 2 is 2.39 bits per heavy atom. The van der Waals surface area contributed by atoms with Gasteiger partial charge in [0.2, 0.25) is 0 Å². The fourth-order valence-corrected chi connectivity index (χ4v) is 1.23. The highest BCUT2D eigenvalue weighted by Gasteiger charge is 2.02. The van der Waals surface area contributed by atoms with Crippen LogP contribution in [0.4, 0.5) is 0 Å². The first-order valence-corrected chi connectivity index (χ1v) is 5.42. The molecule has 0 aliphatic rings. The fraction of sp³-hybridized carbons (Fsp3) is 0.300. The van der Waals surface area contributed by atoms with E-state index in [-0.39, 0.29) is 12.6 Å². The number of rotatable bonds is 7. The zero-order chi connectivity index (χ0) is 13.4. The van der Waals surface area contributed by atoms with E-state index in [9.17, 15) is 10.1 Å². The van der Waals surface area contributed by atoms with E-state index in [1.165, 1.54) is 7.11 Å². The summed E-state index contributed by atoms with van der Waals surface area (Å²) in [5.74, 6) is 0.261. The van der Waals surface area contributed by atoms with Crippen molar-refractivity contribution in [2.75, 3.05) is 13.8 Å². The summed E-state index contributed by atoms with van der Waals surface area (Å²) < 4.78 is 4.78. The molecule has 0 unspecified atom stereocenters. The van der Waals surface area contributed by atoms with Gasteiger partial charge in [0.05, 0.1) is 4.92 Å². The highest BCUT2D eigenvalue weighted by atomic mass is 35.5. The summed E-state index contributed by atoms with van der Waals surface area (Å²) in [6.07, 6.45) is 2.43. The number of ether oxygens (including phenoxy) is 1. The second-order valence-corrected chi connectivity index (χ2v) is 3.67. The second kappa shape index (κ2) is 7.46. The van der Waals surface area contributed by atoms with E-state index >= 15 is 0 Å². The third-order valence-corrected chi connectivity index (χ3v) is 2.14. The van der Waals surface area contributed by atoms with Crippen molar-refractivity contribution in [3.63, 3.8) is 0 Å². The largest absolute Gasteiger partial charge is 0.365 e. The van der Waals surface area contributed by atoms with Crippen LogP contribution in [-0.2, 0) is 11.3 Å². The van der Waals surface area contributed by atoms with Crippen LogP contribution in [0.15, 0.2) is 30.4 Å². The van der Waals surface area contributed by atoms with Crippen LogP contribution in [0.1, 0.15) is 5.56 Å². The first kappa shape index (κ1) is 14.2. The molecule has 0 spiro atoms. The van der Waals surface area contributed by atoms with Crippen molar-refractivity contribution in [3.05, 3.63) is 51.2 Å². The molecular formula is C10H13ClN4O3. The first-order valence-electron chi connectivity index (χ1n) is 5.04. The SMILES string of the molecule is COCN/C(=C\[N+](=O)[O-])NCc1ccc(Cl)nc1. The van der Waals surface area contributed by atoms with Gasteiger partial charge in [-0.1, -0.05) is 17.7 Å². The molecule has 1 aromatic rings. The van der Waals surface area contributed by atoms with E-state index in [1.807, 2.05) is 0 Å². The van der Waals surface area contributed by atoms with E-state index in [0.717, 1.165) is 11.8 Å². The Hall–Kier alpha value is -1.86. The molecule has 0 aromatic carbocycles. The van der Waals surface area contributed by atoms with Crippen molar-refractivity contribution < 1.29 is 9.66 Å². The van der Waals surface area contributed by atoms with Crippen LogP contribution < -0.4 is 10.6 Å². The van der Waals surface area contributed by atoms with Gasteiger partial charge < -0.3 is 15.4 Å². The summed E-state index contributed by atoms with van der Waals surface area (Å²) in [5.41, 5.74) is 0.855. The molecule has 0 saturated heterocycles. The molecule has 1 heterocycles. The minimum absolute atomic E-state index is 0.172. The lowest BCUT2D eigenvalue weighted by Gasteiger charge is -2.10. The third kappa shape index (κ3) is 5.46. The zero-order valence-electron chi connectivity index (χ0n) is 9.72. The third-order valence-electron chi connectivity index (χ3n) is 1.91. The summed E-state index contributed by atoms with van der Waals surface area (Å²) in [7, 11) is 1.49. The Morgan fingerprint density at radius 3 is 2.94 bits per heavy atom. The number of hydrogen-bond donors (Lipinski definition) is 2. The summed E-state index contributed by atoms with van der Waals surface area (Å²) in [4.78, 5) is 13.8. The Balaban J connectivity index is 2.56. The van der Waals surface area contributed by atoms with Crippen LogP contribution in [-0.4, -0.2) is 23.7 Å². The predicted octanol–water partition coefficient (Wildman–Crippen LogP) is 1.09. The van der Waals surface area contributed by atoms with Crippen molar-refractivity contribution in [2.45, 2.75) is 6.54 Å². The molecular weight excluding hydrogens is 260 g/mol. The predicted molar refractivity (Wildman–Crippen MR) is 66.2 cm³/mol. The van der Waals surface area contributed by atoms with E-state index in [0.29, 0.717) is 11.7 Å². The van der Waals surface area contributed by atoms with E-state index in [4.69, 9.17) is 16.3 Å². The van der Waals surface area contributed by atoms with E-state index in [2.05, 4.69) is 15.6 Å². The summed E-state index contributed by atoms with van der Waals surface area (Å²) in [6.45, 7) is 0.562. The van der Waals surface area contributed by atoms with Gasteiger partial charge in [-0.2, -0.15) is 0 Å². The molecule has 0 radical (unpaired) electrons. The summed E-state index contributed by atoms with van der Waals surface area (Å²) >= 11 is 5.65. The molecule has 0 atom stereocenters. The smallest absolute Gasteiger partial charge is 0.274 e. The number of pyridine rings is 1. The van der Waals surface area contributed by atoms with Crippen LogP contribution in [0, 0.1) is 10.1 Å². The molecule has 0 bridgehead atoms. The minimum atomic E-state index is -0.550. The minimum Gasteiger partial charge on any atom is -0.365 e. The molecule has 0 fully saturated rings. The van der Waals surface area contributed by atoms with Crippen molar-refractivity contribution in [1.82, 2.24) is 15.6 Å². The Morgan fingerprint density at radius 1 is 1.61 bits per heavy atom. The lowest BCUT2D eigenvalue weighted by Crippen LogP contribution is -2.28. The maximum atomic E-state index is 10.4. The quantitative estimate of drug-likeness (QED) is 0.334. The highest BCUT2D eigenvalue weighted by Crippen LogP contribution is 2.05. The van der Waals surface area contributed by atoms with Gasteiger partial charge in [0.15, 0.2) is 5.82 Å². The Bertz CT molecular complexity index is 422. The fourth-order valence-electron chi connectivity index (χ4n) is 1.12. The average molecular weight is 273 g/mol. The number of nitrogens with one attached hydrogen (secondary N) is 2. The van der Waals surface area contributed by atoms with Crippen molar-refractivity contribution >= 4 is 11.6 Å². The van der Waals surface area contributed by atoms with Crippen LogP contribution in [0.2, 0.25) is 5.15 Å². The number of nitro groups is 1. The van der Waals surface area contributed by atoms with Crippen LogP contribution in [0.5, 0.6) is 0 Å². The van der Waals surface area contributed by atoms with Crippen LogP contribution in [0.3, 0.4) is 0 Å². The molecule has 0 aliphatic carbocycles. The van der Waals surface area contributed by atoms with Gasteiger partial charge in [0, 0.05) is 19.9 Å². The standard InChI is InChI=1S/C10H13ClN4O3/c1-18-7-14-10(6-15(16)17)13-5-8-2-3-9(11)12-4-8/h2-4,6,13-14H,5,7H2,1H3/b10-6-. The number of halogens is 1. The van der Waals surface area contributed by atoms with Gasteiger partial charge in [0.25, 0.3) is 6.20 Å². The van der Waals surface area contributed by atoms with Gasteiger partial charge in [-0.25, -0.2) is 4.98 Å². The second-order valence-electron chi connectivity index (χ2n) is 3.28. The number of hydrogen-bond acceptors (Lipinski definition) is 6. The molecule has 2 N–H and O–H groups in total. The monoisotopic (exact) mass is 272 g/mol. The normalized spacial score (nSPS) is 11.1. The molecule has 8 heteroatoms. The van der Waals surface area contributed by atoms with Gasteiger partial charge in [0.1, 0.15) is 11.9 Å². The van der Waals surface area contributed by atoms with Gasteiger partial charge in [-0.05, 0) is 11.6 Å².